The highest BCUT2D eigenvalue weighted by Gasteiger charge is 2.28. The first kappa shape index (κ1) is 23.4. The molecule has 3 aromatic rings. The molecule has 1 aliphatic heterocycles. The molecule has 1 aliphatic rings. The zero-order valence-corrected chi connectivity index (χ0v) is 19.1. The van der Waals surface area contributed by atoms with Gasteiger partial charge in [-0.05, 0) is 36.8 Å². The van der Waals surface area contributed by atoms with Crippen molar-refractivity contribution in [3.8, 4) is 6.07 Å². The topological polar surface area (TPSA) is 146 Å². The number of nitriles is 1. The van der Waals surface area contributed by atoms with Crippen LogP contribution in [-0.4, -0.2) is 66.7 Å². The number of aryl methyl sites for hydroxylation is 1. The number of hydrogen-bond acceptors (Lipinski definition) is 8. The van der Waals surface area contributed by atoms with Gasteiger partial charge in [-0.1, -0.05) is 18.2 Å². The predicted octanol–water partition coefficient (Wildman–Crippen LogP) is 2.54. The van der Waals surface area contributed by atoms with Gasteiger partial charge in [0.15, 0.2) is 11.6 Å². The molecule has 2 aromatic carbocycles. The molecule has 11 heteroatoms. The molecule has 2 heterocycles. The summed E-state index contributed by atoms with van der Waals surface area (Å²) in [6.45, 7) is 2.12. The maximum absolute atomic E-state index is 13.0. The number of para-hydroxylation sites is 2. The van der Waals surface area contributed by atoms with Crippen LogP contribution in [0.15, 0.2) is 53.1 Å². The molecule has 0 atom stereocenters. The van der Waals surface area contributed by atoms with Gasteiger partial charge in [0.25, 0.3) is 0 Å². The van der Waals surface area contributed by atoms with Gasteiger partial charge in [0.05, 0.1) is 34.7 Å². The fourth-order valence-corrected chi connectivity index (χ4v) is 5.20. The second-order valence-electron chi connectivity index (χ2n) is 7.61. The molecule has 0 amide bonds. The average Bonchev–Trinajstić information content (AvgIpc) is 3.27. The lowest BCUT2D eigenvalue weighted by molar-refractivity contribution is 0.0502. The van der Waals surface area contributed by atoms with Crippen molar-refractivity contribution < 1.29 is 27.8 Å². The Morgan fingerprint density at radius 3 is 2.71 bits per heavy atom. The Hall–Kier alpha value is -3.72. The highest BCUT2D eigenvalue weighted by atomic mass is 32.2. The number of aliphatic hydroxyl groups excluding tert-OH is 1. The standard InChI is InChI=1S/C23H22N4O6S/c1-15-6-7-16(12-21(15)34(30,31)27-8-10-32-11-9-27)23(29)33-14-20(28)17(13-24)22-25-18-4-2-3-5-19(18)26-22/h2-7,12,28H,8-11,14H2,1H3,(H,25,26). The van der Waals surface area contributed by atoms with Gasteiger partial charge >= 0.3 is 5.97 Å². The number of aromatic amines is 1. The summed E-state index contributed by atoms with van der Waals surface area (Å²) in [6.07, 6.45) is 0. The number of fused-ring (bicyclic) bond motifs is 1. The summed E-state index contributed by atoms with van der Waals surface area (Å²) in [5.74, 6) is -1.18. The minimum absolute atomic E-state index is 0.00334. The second kappa shape index (κ2) is 9.64. The van der Waals surface area contributed by atoms with Crippen molar-refractivity contribution in [2.45, 2.75) is 11.8 Å². The number of hydrogen-bond donors (Lipinski definition) is 2. The van der Waals surface area contributed by atoms with Crippen molar-refractivity contribution in [2.75, 3.05) is 32.9 Å². The number of carbonyl (C=O) groups is 1. The number of rotatable bonds is 6. The van der Waals surface area contributed by atoms with Crippen molar-refractivity contribution in [3.63, 3.8) is 0 Å². The monoisotopic (exact) mass is 482 g/mol. The molecule has 0 bridgehead atoms. The molecule has 176 valence electrons. The normalized spacial score (nSPS) is 15.5. The van der Waals surface area contributed by atoms with Crippen LogP contribution in [0.4, 0.5) is 0 Å². The number of sulfonamides is 1. The zero-order chi connectivity index (χ0) is 24.3. The summed E-state index contributed by atoms with van der Waals surface area (Å²) >= 11 is 0. The van der Waals surface area contributed by atoms with Crippen LogP contribution >= 0.6 is 0 Å². The number of allylic oxidation sites excluding steroid dienone is 1. The number of imidazole rings is 1. The van der Waals surface area contributed by atoms with Gasteiger partial charge in [-0.2, -0.15) is 9.57 Å². The molecule has 34 heavy (non-hydrogen) atoms. The Morgan fingerprint density at radius 1 is 1.26 bits per heavy atom. The van der Waals surface area contributed by atoms with Gasteiger partial charge < -0.3 is 19.6 Å². The first-order valence-electron chi connectivity index (χ1n) is 10.4. The van der Waals surface area contributed by atoms with E-state index in [0.29, 0.717) is 29.8 Å². The molecular formula is C23H22N4O6S. The first-order valence-corrected chi connectivity index (χ1v) is 11.9. The number of esters is 1. The van der Waals surface area contributed by atoms with Crippen LogP contribution in [0.25, 0.3) is 16.6 Å². The number of benzene rings is 2. The molecule has 1 aromatic heterocycles. The Balaban J connectivity index is 1.53. The van der Waals surface area contributed by atoms with Crippen molar-refractivity contribution >= 4 is 32.6 Å². The lowest BCUT2D eigenvalue weighted by atomic mass is 10.1. The third kappa shape index (κ3) is 4.65. The van der Waals surface area contributed by atoms with E-state index in [1.54, 1.807) is 31.2 Å². The van der Waals surface area contributed by atoms with Gasteiger partial charge in [-0.3, -0.25) is 0 Å². The molecule has 2 N–H and O–H groups in total. The van der Waals surface area contributed by atoms with Crippen LogP contribution in [0, 0.1) is 18.3 Å². The van der Waals surface area contributed by atoms with E-state index in [-0.39, 0.29) is 34.9 Å². The number of carbonyl (C=O) groups excluding carboxylic acids is 1. The summed E-state index contributed by atoms with van der Waals surface area (Å²) in [6, 6.07) is 13.2. The van der Waals surface area contributed by atoms with Gasteiger partial charge in [0, 0.05) is 13.1 Å². The van der Waals surface area contributed by atoms with E-state index in [1.165, 1.54) is 22.5 Å². The fraction of sp³-hybridized carbons (Fsp3) is 0.261. The molecular weight excluding hydrogens is 460 g/mol. The van der Waals surface area contributed by atoms with E-state index in [4.69, 9.17) is 9.47 Å². The highest BCUT2D eigenvalue weighted by Crippen LogP contribution is 2.23. The Bertz CT molecular complexity index is 1380. The van der Waals surface area contributed by atoms with Crippen LogP contribution in [0.2, 0.25) is 0 Å². The Kier molecular flexibility index (Phi) is 6.65. The summed E-state index contributed by atoms with van der Waals surface area (Å²) in [4.78, 5) is 19.8. The summed E-state index contributed by atoms with van der Waals surface area (Å²) in [7, 11) is -3.81. The molecule has 10 nitrogen and oxygen atoms in total. The third-order valence-corrected chi connectivity index (χ3v) is 7.42. The Labute approximate surface area is 196 Å². The minimum atomic E-state index is -3.81. The van der Waals surface area contributed by atoms with Crippen molar-refractivity contribution in [3.05, 3.63) is 65.2 Å². The van der Waals surface area contributed by atoms with Crippen LogP contribution in [-0.2, 0) is 19.5 Å². The quantitative estimate of drug-likeness (QED) is 0.310. The number of morpholine rings is 1. The summed E-state index contributed by atoms with van der Waals surface area (Å²) < 4.78 is 37.7. The van der Waals surface area contributed by atoms with E-state index in [9.17, 15) is 23.6 Å². The fourth-order valence-electron chi connectivity index (χ4n) is 3.55. The maximum Gasteiger partial charge on any atom is 0.338 e. The van der Waals surface area contributed by atoms with Gasteiger partial charge in [0.2, 0.25) is 10.0 Å². The van der Waals surface area contributed by atoms with E-state index in [1.807, 2.05) is 6.07 Å². The number of H-pyrrole nitrogens is 1. The van der Waals surface area contributed by atoms with Crippen LogP contribution in [0.5, 0.6) is 0 Å². The smallest absolute Gasteiger partial charge is 0.338 e. The first-order chi connectivity index (χ1) is 16.3. The summed E-state index contributed by atoms with van der Waals surface area (Å²) in [5, 5.41) is 19.9. The number of nitrogens with zero attached hydrogens (tertiary/aromatic N) is 3. The Morgan fingerprint density at radius 2 is 2.00 bits per heavy atom. The number of nitrogens with one attached hydrogen (secondary N) is 1. The highest BCUT2D eigenvalue weighted by molar-refractivity contribution is 7.89. The average molecular weight is 483 g/mol. The molecule has 0 saturated carbocycles. The van der Waals surface area contributed by atoms with E-state index >= 15 is 0 Å². The number of aliphatic hydroxyl groups is 1. The molecule has 0 unspecified atom stereocenters. The van der Waals surface area contributed by atoms with Gasteiger partial charge in [0.1, 0.15) is 18.2 Å². The van der Waals surface area contributed by atoms with Gasteiger partial charge in [-0.25, -0.2) is 18.2 Å². The SMILES string of the molecule is Cc1ccc(C(=O)OCC(O)=C(C#N)c2nc3ccccc3[nH]2)cc1S(=O)(=O)N1CCOCC1. The van der Waals surface area contributed by atoms with Gasteiger partial charge in [-0.15, -0.1) is 0 Å². The molecule has 1 saturated heterocycles. The molecule has 0 aliphatic carbocycles. The lowest BCUT2D eigenvalue weighted by Crippen LogP contribution is -2.40. The maximum atomic E-state index is 13.0. The zero-order valence-electron chi connectivity index (χ0n) is 18.3. The number of ether oxygens (including phenoxy) is 2. The van der Waals surface area contributed by atoms with Crippen LogP contribution in [0.1, 0.15) is 21.7 Å². The summed E-state index contributed by atoms with van der Waals surface area (Å²) in [5.41, 5.74) is 1.63. The molecule has 1 fully saturated rings. The predicted molar refractivity (Wildman–Crippen MR) is 122 cm³/mol. The van der Waals surface area contributed by atoms with Crippen LogP contribution in [0.3, 0.4) is 0 Å². The molecule has 0 spiro atoms. The molecule has 4 rings (SSSR count). The van der Waals surface area contributed by atoms with Crippen molar-refractivity contribution in [2.24, 2.45) is 0 Å². The lowest BCUT2D eigenvalue weighted by Gasteiger charge is -2.26. The van der Waals surface area contributed by atoms with Crippen molar-refractivity contribution in [1.82, 2.24) is 14.3 Å². The van der Waals surface area contributed by atoms with E-state index in [2.05, 4.69) is 9.97 Å². The largest absolute Gasteiger partial charge is 0.507 e. The minimum Gasteiger partial charge on any atom is -0.507 e. The van der Waals surface area contributed by atoms with E-state index in [0.717, 1.165) is 0 Å². The molecule has 0 radical (unpaired) electrons. The van der Waals surface area contributed by atoms with Crippen LogP contribution < -0.4 is 0 Å². The van der Waals surface area contributed by atoms with E-state index < -0.39 is 28.4 Å². The second-order valence-corrected chi connectivity index (χ2v) is 9.52. The third-order valence-electron chi connectivity index (χ3n) is 5.38. The number of aromatic nitrogens is 2. The van der Waals surface area contributed by atoms with Crippen molar-refractivity contribution in [1.29, 1.82) is 5.26 Å².